The minimum atomic E-state index is 0.291. The highest BCUT2D eigenvalue weighted by atomic mass is 15.3. The Morgan fingerprint density at radius 3 is 3.05 bits per heavy atom. The minimum Gasteiger partial charge on any atom is -0.365 e. The van der Waals surface area contributed by atoms with E-state index in [0.29, 0.717) is 6.04 Å². The lowest BCUT2D eigenvalue weighted by Crippen LogP contribution is -2.23. The molecular formula is C14H19N5. The van der Waals surface area contributed by atoms with Gasteiger partial charge < -0.3 is 5.32 Å². The molecule has 1 aliphatic carbocycles. The summed E-state index contributed by atoms with van der Waals surface area (Å²) >= 11 is 0. The highest BCUT2D eigenvalue weighted by Gasteiger charge is 2.18. The van der Waals surface area contributed by atoms with Crippen molar-refractivity contribution < 1.29 is 0 Å². The van der Waals surface area contributed by atoms with E-state index in [1.54, 1.807) is 6.33 Å². The Kier molecular flexibility index (Phi) is 3.19. The number of aryl methyl sites for hydroxylation is 2. The van der Waals surface area contributed by atoms with Crippen LogP contribution in [0.3, 0.4) is 0 Å². The van der Waals surface area contributed by atoms with Crippen LogP contribution in [0.1, 0.15) is 30.2 Å². The van der Waals surface area contributed by atoms with Crippen LogP contribution >= 0.6 is 0 Å². The summed E-state index contributed by atoms with van der Waals surface area (Å²) in [6.07, 6.45) is 8.97. The van der Waals surface area contributed by atoms with E-state index in [1.165, 1.54) is 23.2 Å². The van der Waals surface area contributed by atoms with Crippen molar-refractivity contribution in [1.29, 1.82) is 0 Å². The van der Waals surface area contributed by atoms with Gasteiger partial charge in [-0.2, -0.15) is 5.10 Å². The summed E-state index contributed by atoms with van der Waals surface area (Å²) in [4.78, 5) is 8.73. The first-order valence-corrected chi connectivity index (χ1v) is 6.80. The van der Waals surface area contributed by atoms with Gasteiger partial charge in [0.1, 0.15) is 12.1 Å². The molecule has 5 heteroatoms. The molecule has 2 aromatic rings. The summed E-state index contributed by atoms with van der Waals surface area (Å²) < 4.78 is 1.97. The fraction of sp³-hybridized carbons (Fsp3) is 0.500. The maximum absolute atomic E-state index is 4.39. The Morgan fingerprint density at radius 1 is 1.37 bits per heavy atom. The Hall–Kier alpha value is -1.91. The van der Waals surface area contributed by atoms with Crippen LogP contribution in [0.2, 0.25) is 0 Å². The van der Waals surface area contributed by atoms with Gasteiger partial charge in [0.05, 0.1) is 12.7 Å². The predicted octanol–water partition coefficient (Wildman–Crippen LogP) is 1.97. The Morgan fingerprint density at radius 2 is 2.26 bits per heavy atom. The number of nitrogens with zero attached hydrogens (tertiary/aromatic N) is 4. The van der Waals surface area contributed by atoms with Crippen LogP contribution in [0.15, 0.2) is 18.7 Å². The van der Waals surface area contributed by atoms with E-state index in [1.807, 2.05) is 10.9 Å². The molecule has 2 aromatic heterocycles. The molecule has 1 atom stereocenters. The average molecular weight is 257 g/mol. The molecule has 5 nitrogen and oxygen atoms in total. The zero-order valence-corrected chi connectivity index (χ0v) is 11.4. The monoisotopic (exact) mass is 257 g/mol. The summed E-state index contributed by atoms with van der Waals surface area (Å²) in [5.41, 5.74) is 3.70. The molecule has 1 aliphatic rings. The van der Waals surface area contributed by atoms with Crippen LogP contribution in [0.5, 0.6) is 0 Å². The van der Waals surface area contributed by atoms with Gasteiger partial charge in [-0.05, 0) is 38.7 Å². The molecule has 1 N–H and O–H groups in total. The second-order valence-corrected chi connectivity index (χ2v) is 5.29. The van der Waals surface area contributed by atoms with E-state index in [2.05, 4.69) is 40.4 Å². The van der Waals surface area contributed by atoms with Crippen LogP contribution in [0.25, 0.3) is 0 Å². The van der Waals surface area contributed by atoms with E-state index in [0.717, 1.165) is 25.2 Å². The van der Waals surface area contributed by atoms with Gasteiger partial charge in [0.25, 0.3) is 0 Å². The van der Waals surface area contributed by atoms with Crippen LogP contribution in [-0.4, -0.2) is 25.8 Å². The third-order valence-corrected chi connectivity index (χ3v) is 3.48. The minimum absolute atomic E-state index is 0.291. The number of aromatic nitrogens is 4. The van der Waals surface area contributed by atoms with E-state index in [9.17, 15) is 0 Å². The summed E-state index contributed by atoms with van der Waals surface area (Å²) in [6.45, 7) is 5.05. The highest BCUT2D eigenvalue weighted by Crippen LogP contribution is 2.25. The van der Waals surface area contributed by atoms with Crippen molar-refractivity contribution in [2.75, 3.05) is 5.32 Å². The lowest BCUT2D eigenvalue weighted by Gasteiger charge is -2.16. The van der Waals surface area contributed by atoms with Crippen molar-refractivity contribution in [3.63, 3.8) is 0 Å². The van der Waals surface area contributed by atoms with E-state index >= 15 is 0 Å². The molecule has 0 saturated carbocycles. The van der Waals surface area contributed by atoms with Crippen molar-refractivity contribution in [2.45, 2.75) is 45.7 Å². The quantitative estimate of drug-likeness (QED) is 0.910. The third-order valence-electron chi connectivity index (χ3n) is 3.48. The first-order chi connectivity index (χ1) is 9.22. The lowest BCUT2D eigenvalue weighted by atomic mass is 10.2. The lowest BCUT2D eigenvalue weighted by molar-refractivity contribution is 0.559. The van der Waals surface area contributed by atoms with Crippen LogP contribution in [0.4, 0.5) is 5.82 Å². The molecule has 3 rings (SSSR count). The second kappa shape index (κ2) is 4.99. The molecule has 2 heterocycles. The van der Waals surface area contributed by atoms with Gasteiger partial charge in [-0.1, -0.05) is 0 Å². The smallest absolute Gasteiger partial charge is 0.133 e. The van der Waals surface area contributed by atoms with Crippen LogP contribution in [0, 0.1) is 6.92 Å². The molecular weight excluding hydrogens is 238 g/mol. The molecule has 0 fully saturated rings. The topological polar surface area (TPSA) is 55.6 Å². The number of anilines is 1. The molecule has 0 saturated heterocycles. The van der Waals surface area contributed by atoms with Gasteiger partial charge in [0.15, 0.2) is 0 Å². The molecule has 0 aromatic carbocycles. The van der Waals surface area contributed by atoms with Crippen molar-refractivity contribution in [2.24, 2.45) is 0 Å². The number of fused-ring (bicyclic) bond motifs is 1. The number of hydrogen-bond donors (Lipinski definition) is 1. The zero-order valence-electron chi connectivity index (χ0n) is 11.4. The summed E-state index contributed by atoms with van der Waals surface area (Å²) in [6, 6.07) is 0.291. The molecule has 0 spiro atoms. The Balaban J connectivity index is 1.70. The van der Waals surface area contributed by atoms with Gasteiger partial charge in [-0.3, -0.25) is 4.68 Å². The average Bonchev–Trinajstić information content (AvgIpc) is 2.98. The second-order valence-electron chi connectivity index (χ2n) is 5.29. The van der Waals surface area contributed by atoms with Crippen LogP contribution < -0.4 is 5.32 Å². The van der Waals surface area contributed by atoms with Gasteiger partial charge in [-0.15, -0.1) is 0 Å². The van der Waals surface area contributed by atoms with E-state index in [-0.39, 0.29) is 0 Å². The normalized spacial score (nSPS) is 15.3. The predicted molar refractivity (Wildman–Crippen MR) is 74.1 cm³/mol. The first-order valence-electron chi connectivity index (χ1n) is 6.80. The van der Waals surface area contributed by atoms with Gasteiger partial charge in [0, 0.05) is 23.5 Å². The third kappa shape index (κ3) is 2.59. The molecule has 0 unspecified atom stereocenters. The first kappa shape index (κ1) is 12.1. The van der Waals surface area contributed by atoms with Crippen molar-refractivity contribution >= 4 is 5.82 Å². The summed E-state index contributed by atoms with van der Waals surface area (Å²) in [5, 5.41) is 7.80. The van der Waals surface area contributed by atoms with Crippen LogP contribution in [-0.2, 0) is 19.4 Å². The maximum Gasteiger partial charge on any atom is 0.133 e. The van der Waals surface area contributed by atoms with E-state index in [4.69, 9.17) is 0 Å². The van der Waals surface area contributed by atoms with Gasteiger partial charge >= 0.3 is 0 Å². The van der Waals surface area contributed by atoms with Gasteiger partial charge in [-0.25, -0.2) is 9.97 Å². The molecule has 100 valence electrons. The molecule has 0 aliphatic heterocycles. The number of rotatable bonds is 4. The SMILES string of the molecule is Cc1cnn(C[C@@H](C)Nc2ncnc3c2CCC3)c1. The maximum atomic E-state index is 4.39. The molecule has 0 radical (unpaired) electrons. The fourth-order valence-corrected chi connectivity index (χ4v) is 2.61. The summed E-state index contributed by atoms with van der Waals surface area (Å²) in [7, 11) is 0. The largest absolute Gasteiger partial charge is 0.365 e. The summed E-state index contributed by atoms with van der Waals surface area (Å²) in [5.74, 6) is 0.999. The zero-order chi connectivity index (χ0) is 13.2. The number of hydrogen-bond acceptors (Lipinski definition) is 4. The van der Waals surface area contributed by atoms with Crippen molar-refractivity contribution in [3.05, 3.63) is 35.5 Å². The molecule has 19 heavy (non-hydrogen) atoms. The van der Waals surface area contributed by atoms with Crippen molar-refractivity contribution in [3.8, 4) is 0 Å². The Bertz CT molecular complexity index is 575. The fourth-order valence-electron chi connectivity index (χ4n) is 2.61. The Labute approximate surface area is 113 Å². The van der Waals surface area contributed by atoms with Crippen molar-refractivity contribution in [1.82, 2.24) is 19.7 Å². The molecule has 0 amide bonds. The van der Waals surface area contributed by atoms with Gasteiger partial charge in [0.2, 0.25) is 0 Å². The molecule has 0 bridgehead atoms. The number of nitrogens with one attached hydrogen (secondary N) is 1. The highest BCUT2D eigenvalue weighted by molar-refractivity contribution is 5.48. The van der Waals surface area contributed by atoms with E-state index < -0.39 is 0 Å². The standard InChI is InChI=1S/C14H19N5/c1-10-6-17-19(7-10)8-11(2)18-14-12-4-3-5-13(12)15-9-16-14/h6-7,9,11H,3-5,8H2,1-2H3,(H,15,16,18)/t11-/m1/s1.